The highest BCUT2D eigenvalue weighted by molar-refractivity contribution is 5.96. The summed E-state index contributed by atoms with van der Waals surface area (Å²) in [4.78, 5) is 47.0. The van der Waals surface area contributed by atoms with Crippen LogP contribution >= 0.6 is 0 Å². The summed E-state index contributed by atoms with van der Waals surface area (Å²) in [6, 6.07) is 10.2. The van der Waals surface area contributed by atoms with Crippen LogP contribution in [0, 0.1) is 17.0 Å². The number of carbonyl (C=O) groups is 3. The van der Waals surface area contributed by atoms with Gasteiger partial charge in [-0.25, -0.2) is 14.3 Å². The van der Waals surface area contributed by atoms with E-state index in [0.717, 1.165) is 0 Å². The van der Waals surface area contributed by atoms with Gasteiger partial charge in [0, 0.05) is 17.8 Å². The van der Waals surface area contributed by atoms with Crippen molar-refractivity contribution in [3.8, 4) is 11.4 Å². The summed E-state index contributed by atoms with van der Waals surface area (Å²) in [7, 11) is 1.26. The van der Waals surface area contributed by atoms with E-state index in [9.17, 15) is 24.5 Å². The summed E-state index contributed by atoms with van der Waals surface area (Å²) < 4.78 is 16.5. The number of ether oxygens (including phenoxy) is 3. The van der Waals surface area contributed by atoms with Crippen LogP contribution in [0.3, 0.4) is 0 Å². The lowest BCUT2D eigenvalue weighted by Gasteiger charge is -2.11. The molecule has 3 rings (SSSR count). The van der Waals surface area contributed by atoms with E-state index >= 15 is 0 Å². The predicted molar refractivity (Wildman–Crippen MR) is 123 cm³/mol. The Morgan fingerprint density at radius 3 is 2.46 bits per heavy atom. The number of nitro benzene ring substituents is 1. The Morgan fingerprint density at radius 2 is 1.83 bits per heavy atom. The first-order valence-electron chi connectivity index (χ1n) is 10.4. The molecule has 0 aliphatic heterocycles. The lowest BCUT2D eigenvalue weighted by Crippen LogP contribution is -2.21. The zero-order valence-corrected chi connectivity index (χ0v) is 19.1. The van der Waals surface area contributed by atoms with Gasteiger partial charge in [-0.3, -0.25) is 14.9 Å². The van der Waals surface area contributed by atoms with Crippen LogP contribution < -0.4 is 10.1 Å². The third kappa shape index (κ3) is 5.99. The molecule has 0 unspecified atom stereocenters. The molecule has 12 nitrogen and oxygen atoms in total. The van der Waals surface area contributed by atoms with Crippen molar-refractivity contribution < 1.29 is 33.5 Å². The maximum Gasteiger partial charge on any atom is 0.362 e. The molecule has 1 heterocycles. The second-order valence-corrected chi connectivity index (χ2v) is 7.14. The number of aryl methyl sites for hydroxylation is 1. The van der Waals surface area contributed by atoms with Crippen molar-refractivity contribution >= 4 is 29.2 Å². The average Bonchev–Trinajstić information content (AvgIpc) is 3.28. The summed E-state index contributed by atoms with van der Waals surface area (Å²) in [5.41, 5.74) is 1.53. The van der Waals surface area contributed by atoms with Crippen molar-refractivity contribution in [1.29, 1.82) is 0 Å². The number of anilines is 1. The molecule has 182 valence electrons. The van der Waals surface area contributed by atoms with Gasteiger partial charge in [-0.1, -0.05) is 6.07 Å². The van der Waals surface area contributed by atoms with Crippen LogP contribution in [-0.4, -0.2) is 52.9 Å². The number of benzene rings is 2. The molecule has 0 spiro atoms. The summed E-state index contributed by atoms with van der Waals surface area (Å²) >= 11 is 0. The van der Waals surface area contributed by atoms with Crippen LogP contribution in [0.1, 0.15) is 33.3 Å². The maximum atomic E-state index is 12.5. The molecule has 0 fully saturated rings. The molecule has 35 heavy (non-hydrogen) atoms. The minimum absolute atomic E-state index is 0.0167. The molecule has 0 bridgehead atoms. The first kappa shape index (κ1) is 24.9. The number of nitro groups is 1. The number of hydrogen-bond acceptors (Lipinski definition) is 9. The largest absolute Gasteiger partial charge is 0.480 e. The zero-order chi connectivity index (χ0) is 25.5. The van der Waals surface area contributed by atoms with E-state index in [1.165, 1.54) is 48.3 Å². The smallest absolute Gasteiger partial charge is 0.362 e. The normalized spacial score (nSPS) is 10.4. The van der Waals surface area contributed by atoms with Crippen LogP contribution in [0.2, 0.25) is 0 Å². The summed E-state index contributed by atoms with van der Waals surface area (Å²) in [6.45, 7) is 3.01. The first-order valence-corrected chi connectivity index (χ1v) is 10.4. The number of non-ortho nitro benzene ring substituents is 1. The van der Waals surface area contributed by atoms with E-state index < -0.39 is 29.4 Å². The van der Waals surface area contributed by atoms with Crippen molar-refractivity contribution in [3.63, 3.8) is 0 Å². The Hall–Kier alpha value is -4.74. The molecule has 12 heteroatoms. The van der Waals surface area contributed by atoms with Gasteiger partial charge in [0.05, 0.1) is 36.1 Å². The van der Waals surface area contributed by atoms with Gasteiger partial charge < -0.3 is 19.5 Å². The average molecular weight is 482 g/mol. The molecule has 0 aliphatic rings. The van der Waals surface area contributed by atoms with Gasteiger partial charge in [0.1, 0.15) is 0 Å². The molecule has 0 saturated heterocycles. The van der Waals surface area contributed by atoms with E-state index in [1.54, 1.807) is 26.0 Å². The molecule has 0 aliphatic carbocycles. The lowest BCUT2D eigenvalue weighted by molar-refractivity contribution is -0.384. The van der Waals surface area contributed by atoms with Gasteiger partial charge in [-0.2, -0.15) is 5.10 Å². The number of nitrogens with one attached hydrogen (secondary N) is 1. The van der Waals surface area contributed by atoms with Crippen molar-refractivity contribution in [1.82, 2.24) is 9.78 Å². The fourth-order valence-corrected chi connectivity index (χ4v) is 3.00. The number of methoxy groups -OCH3 is 1. The standard InChI is InChI=1S/C23H22N4O8/c1-4-34-23(30)21-19(12-26(25-21)16-7-9-17(10-8-16)27(31)32)35-13-20(28)24-18-11-15(22(29)33-3)6-5-14(18)2/h5-12H,4,13H2,1-3H3,(H,24,28). The second-order valence-electron chi connectivity index (χ2n) is 7.14. The number of rotatable bonds is 9. The lowest BCUT2D eigenvalue weighted by atomic mass is 10.1. The number of amides is 1. The SMILES string of the molecule is CCOC(=O)c1nn(-c2ccc([N+](=O)[O-])cc2)cc1OCC(=O)Nc1cc(C(=O)OC)ccc1C. The van der Waals surface area contributed by atoms with E-state index in [4.69, 9.17) is 14.2 Å². The Balaban J connectivity index is 1.78. The van der Waals surface area contributed by atoms with Crippen LogP contribution in [-0.2, 0) is 14.3 Å². The van der Waals surface area contributed by atoms with Crippen LogP contribution in [0.5, 0.6) is 5.75 Å². The molecule has 1 N–H and O–H groups in total. The van der Waals surface area contributed by atoms with Crippen LogP contribution in [0.15, 0.2) is 48.7 Å². The minimum Gasteiger partial charge on any atom is -0.480 e. The van der Waals surface area contributed by atoms with Gasteiger partial charge in [-0.15, -0.1) is 0 Å². The fourth-order valence-electron chi connectivity index (χ4n) is 3.00. The summed E-state index contributed by atoms with van der Waals surface area (Å²) in [6.07, 6.45) is 1.36. The van der Waals surface area contributed by atoms with E-state index in [1.807, 2.05) is 0 Å². The van der Waals surface area contributed by atoms with E-state index in [2.05, 4.69) is 10.4 Å². The quantitative estimate of drug-likeness (QED) is 0.275. The van der Waals surface area contributed by atoms with Crippen LogP contribution in [0.4, 0.5) is 11.4 Å². The number of nitrogens with zero attached hydrogens (tertiary/aromatic N) is 3. The minimum atomic E-state index is -0.759. The molecule has 0 radical (unpaired) electrons. The Bertz CT molecular complexity index is 1270. The highest BCUT2D eigenvalue weighted by Gasteiger charge is 2.21. The molecule has 0 atom stereocenters. The molecule has 3 aromatic rings. The van der Waals surface area contributed by atoms with Crippen molar-refractivity contribution in [2.75, 3.05) is 25.6 Å². The topological polar surface area (TPSA) is 152 Å². The third-order valence-electron chi connectivity index (χ3n) is 4.77. The predicted octanol–water partition coefficient (Wildman–Crippen LogP) is 3.07. The number of hydrogen-bond donors (Lipinski definition) is 1. The van der Waals surface area contributed by atoms with Crippen LogP contribution in [0.25, 0.3) is 5.69 Å². The zero-order valence-electron chi connectivity index (χ0n) is 19.1. The fraction of sp³-hybridized carbons (Fsp3) is 0.217. The Morgan fingerprint density at radius 1 is 1.11 bits per heavy atom. The highest BCUT2D eigenvalue weighted by Crippen LogP contribution is 2.23. The van der Waals surface area contributed by atoms with Gasteiger partial charge in [0.2, 0.25) is 5.69 Å². The molecular formula is C23H22N4O8. The van der Waals surface area contributed by atoms with Gasteiger partial charge in [0.15, 0.2) is 12.4 Å². The molecule has 1 amide bonds. The molecular weight excluding hydrogens is 460 g/mol. The van der Waals surface area contributed by atoms with Crippen molar-refractivity contribution in [2.24, 2.45) is 0 Å². The maximum absolute atomic E-state index is 12.5. The second kappa shape index (κ2) is 10.9. The van der Waals surface area contributed by atoms with Gasteiger partial charge in [0.25, 0.3) is 11.6 Å². The van der Waals surface area contributed by atoms with Gasteiger partial charge in [-0.05, 0) is 43.7 Å². The Labute approximate surface area is 199 Å². The molecule has 0 saturated carbocycles. The number of aromatic nitrogens is 2. The molecule has 2 aromatic carbocycles. The summed E-state index contributed by atoms with van der Waals surface area (Å²) in [5, 5.41) is 17.7. The van der Waals surface area contributed by atoms with E-state index in [0.29, 0.717) is 16.9 Å². The summed E-state index contributed by atoms with van der Waals surface area (Å²) in [5.74, 6) is -1.87. The number of carbonyl (C=O) groups excluding carboxylic acids is 3. The molecule has 1 aromatic heterocycles. The van der Waals surface area contributed by atoms with Crippen molar-refractivity contribution in [3.05, 3.63) is 75.6 Å². The number of esters is 2. The Kier molecular flexibility index (Phi) is 7.77. The van der Waals surface area contributed by atoms with Gasteiger partial charge >= 0.3 is 11.9 Å². The third-order valence-corrected chi connectivity index (χ3v) is 4.77. The monoisotopic (exact) mass is 482 g/mol. The van der Waals surface area contributed by atoms with E-state index in [-0.39, 0.29) is 29.3 Å². The highest BCUT2D eigenvalue weighted by atomic mass is 16.6. The first-order chi connectivity index (χ1) is 16.7. The van der Waals surface area contributed by atoms with Crippen molar-refractivity contribution in [2.45, 2.75) is 13.8 Å².